The number of anilines is 1. The third-order valence-corrected chi connectivity index (χ3v) is 2.68. The Balaban J connectivity index is 2.92. The summed E-state index contributed by atoms with van der Waals surface area (Å²) >= 11 is 0. The van der Waals surface area contributed by atoms with Gasteiger partial charge < -0.3 is 20.3 Å². The number of rotatable bonds is 5. The molecule has 0 saturated carbocycles. The smallest absolute Gasteiger partial charge is 0.413 e. The summed E-state index contributed by atoms with van der Waals surface area (Å²) in [5, 5.41) is 12.7. The van der Waals surface area contributed by atoms with E-state index in [1.807, 2.05) is 0 Å². The van der Waals surface area contributed by atoms with E-state index in [1.165, 1.54) is 12.3 Å². The summed E-state index contributed by atoms with van der Waals surface area (Å²) in [6.45, 7) is 6.94. The van der Waals surface area contributed by atoms with Crippen LogP contribution in [0.1, 0.15) is 39.4 Å². The first-order chi connectivity index (χ1) is 10.7. The van der Waals surface area contributed by atoms with Crippen LogP contribution in [0.3, 0.4) is 0 Å². The molecule has 0 unspecified atom stereocenters. The van der Waals surface area contributed by atoms with Crippen molar-refractivity contribution in [3.8, 4) is 0 Å². The van der Waals surface area contributed by atoms with Crippen molar-refractivity contribution in [1.82, 2.24) is 4.98 Å². The second-order valence-corrected chi connectivity index (χ2v) is 5.79. The zero-order chi connectivity index (χ0) is 17.6. The maximum Gasteiger partial charge on any atom is 0.413 e. The van der Waals surface area contributed by atoms with Crippen LogP contribution in [-0.4, -0.2) is 40.4 Å². The maximum absolute atomic E-state index is 11.8. The maximum atomic E-state index is 11.8. The van der Waals surface area contributed by atoms with Crippen molar-refractivity contribution in [2.45, 2.75) is 45.4 Å². The number of carbonyl (C=O) groups excluding carboxylic acids is 2. The molecular formula is C15H23N3O5. The number of nitrogens with zero attached hydrogens (tertiary/aromatic N) is 1. The molecule has 1 rings (SSSR count). The van der Waals surface area contributed by atoms with Gasteiger partial charge in [-0.05, 0) is 33.8 Å². The third-order valence-electron chi connectivity index (χ3n) is 2.68. The fourth-order valence-electron chi connectivity index (χ4n) is 1.72. The minimum atomic E-state index is -1.38. The lowest BCUT2D eigenvalue weighted by Gasteiger charge is -2.22. The first-order valence-electron chi connectivity index (χ1n) is 7.21. The summed E-state index contributed by atoms with van der Waals surface area (Å²) in [7, 11) is 0. The molecular weight excluding hydrogens is 302 g/mol. The third kappa shape index (κ3) is 5.84. The highest BCUT2D eigenvalue weighted by Crippen LogP contribution is 2.23. The summed E-state index contributed by atoms with van der Waals surface area (Å²) in [6, 6.07) is 1.76. The molecule has 0 spiro atoms. The van der Waals surface area contributed by atoms with Crippen LogP contribution in [0.2, 0.25) is 0 Å². The van der Waals surface area contributed by atoms with Gasteiger partial charge >= 0.3 is 12.1 Å². The molecule has 0 aliphatic heterocycles. The summed E-state index contributed by atoms with van der Waals surface area (Å²) < 4.78 is 9.91. The van der Waals surface area contributed by atoms with Crippen LogP contribution in [0.25, 0.3) is 0 Å². The lowest BCUT2D eigenvalue weighted by atomic mass is 10.0. The van der Waals surface area contributed by atoms with Gasteiger partial charge in [0.25, 0.3) is 0 Å². The van der Waals surface area contributed by atoms with Crippen LogP contribution < -0.4 is 11.1 Å². The van der Waals surface area contributed by atoms with Crippen LogP contribution in [-0.2, 0) is 14.3 Å². The predicted molar refractivity (Wildman–Crippen MR) is 83.7 cm³/mol. The predicted octanol–water partition coefficient (Wildman–Crippen LogP) is 1.35. The molecule has 8 nitrogen and oxygen atoms in total. The summed E-state index contributed by atoms with van der Waals surface area (Å²) in [6.07, 6.45) is -0.680. The van der Waals surface area contributed by atoms with E-state index in [2.05, 4.69) is 10.3 Å². The highest BCUT2D eigenvalue weighted by atomic mass is 16.6. The lowest BCUT2D eigenvalue weighted by Crippen LogP contribution is -2.38. The quantitative estimate of drug-likeness (QED) is 0.698. The molecule has 1 heterocycles. The number of aliphatic hydroxyl groups is 1. The molecule has 0 radical (unpaired) electrons. The Morgan fingerprint density at radius 3 is 2.65 bits per heavy atom. The SMILES string of the molecule is CCOC(=O)[C@H](N)[C@@H](O)c1cccnc1NC(=O)OC(C)(C)C. The number of carbonyl (C=O) groups is 2. The minimum Gasteiger partial charge on any atom is -0.465 e. The number of hydrogen-bond donors (Lipinski definition) is 3. The Morgan fingerprint density at radius 2 is 2.09 bits per heavy atom. The summed E-state index contributed by atoms with van der Waals surface area (Å²) in [5.41, 5.74) is 5.20. The van der Waals surface area contributed by atoms with Crippen LogP contribution >= 0.6 is 0 Å². The normalized spacial score (nSPS) is 13.8. The molecule has 2 atom stereocenters. The van der Waals surface area contributed by atoms with E-state index in [1.54, 1.807) is 33.8 Å². The molecule has 1 aromatic heterocycles. The second kappa shape index (κ2) is 7.89. The van der Waals surface area contributed by atoms with E-state index in [0.717, 1.165) is 0 Å². The number of aromatic nitrogens is 1. The van der Waals surface area contributed by atoms with Crippen molar-refractivity contribution in [2.24, 2.45) is 5.73 Å². The van der Waals surface area contributed by atoms with Gasteiger partial charge in [0.1, 0.15) is 23.6 Å². The Hall–Kier alpha value is -2.19. The Labute approximate surface area is 135 Å². The lowest BCUT2D eigenvalue weighted by molar-refractivity contribution is -0.147. The number of nitrogens with two attached hydrogens (primary N) is 1. The standard InChI is InChI=1S/C15H23N3O5/c1-5-22-13(20)10(16)11(19)9-7-6-8-17-12(9)18-14(21)23-15(2,3)4/h6-8,10-11,19H,5,16H2,1-4H3,(H,17,18,21)/t10-,11+/m1/s1. The van der Waals surface area contributed by atoms with Gasteiger partial charge in [0.2, 0.25) is 0 Å². The molecule has 0 bridgehead atoms. The van der Waals surface area contributed by atoms with Gasteiger partial charge in [-0.2, -0.15) is 0 Å². The minimum absolute atomic E-state index is 0.0639. The number of ether oxygens (including phenoxy) is 2. The van der Waals surface area contributed by atoms with Gasteiger partial charge in [-0.15, -0.1) is 0 Å². The van der Waals surface area contributed by atoms with Crippen molar-refractivity contribution < 1.29 is 24.2 Å². The van der Waals surface area contributed by atoms with Gasteiger partial charge in [0.15, 0.2) is 0 Å². The number of nitrogens with one attached hydrogen (secondary N) is 1. The monoisotopic (exact) mass is 325 g/mol. The van der Waals surface area contributed by atoms with E-state index < -0.39 is 29.8 Å². The van der Waals surface area contributed by atoms with Crippen molar-refractivity contribution in [2.75, 3.05) is 11.9 Å². The highest BCUT2D eigenvalue weighted by molar-refractivity contribution is 5.85. The van der Waals surface area contributed by atoms with E-state index >= 15 is 0 Å². The number of hydrogen-bond acceptors (Lipinski definition) is 7. The number of pyridine rings is 1. The van der Waals surface area contributed by atoms with Crippen LogP contribution in [0, 0.1) is 0 Å². The number of esters is 1. The Kier molecular flexibility index (Phi) is 6.47. The number of amides is 1. The first kappa shape index (κ1) is 18.9. The molecule has 0 aromatic carbocycles. The number of aliphatic hydroxyl groups excluding tert-OH is 1. The molecule has 0 aliphatic carbocycles. The van der Waals surface area contributed by atoms with Crippen molar-refractivity contribution in [1.29, 1.82) is 0 Å². The topological polar surface area (TPSA) is 124 Å². The average Bonchev–Trinajstić information content (AvgIpc) is 2.44. The molecule has 1 amide bonds. The summed E-state index contributed by atoms with van der Waals surface area (Å²) in [4.78, 5) is 27.4. The van der Waals surface area contributed by atoms with Gasteiger partial charge in [-0.1, -0.05) is 6.07 Å². The largest absolute Gasteiger partial charge is 0.465 e. The first-order valence-corrected chi connectivity index (χ1v) is 7.21. The molecule has 8 heteroatoms. The zero-order valence-corrected chi connectivity index (χ0v) is 13.7. The van der Waals surface area contributed by atoms with Gasteiger partial charge in [-0.3, -0.25) is 10.1 Å². The van der Waals surface area contributed by atoms with Gasteiger partial charge in [0, 0.05) is 11.8 Å². The van der Waals surface area contributed by atoms with E-state index in [-0.39, 0.29) is 18.0 Å². The molecule has 23 heavy (non-hydrogen) atoms. The fourth-order valence-corrected chi connectivity index (χ4v) is 1.72. The zero-order valence-electron chi connectivity index (χ0n) is 13.7. The van der Waals surface area contributed by atoms with Gasteiger partial charge in [0.05, 0.1) is 6.61 Å². The van der Waals surface area contributed by atoms with Crippen molar-refractivity contribution in [3.05, 3.63) is 23.9 Å². The van der Waals surface area contributed by atoms with Crippen LogP contribution in [0.15, 0.2) is 18.3 Å². The average molecular weight is 325 g/mol. The van der Waals surface area contributed by atoms with E-state index in [9.17, 15) is 14.7 Å². The molecule has 1 aromatic rings. The van der Waals surface area contributed by atoms with Gasteiger partial charge in [-0.25, -0.2) is 9.78 Å². The summed E-state index contributed by atoms with van der Waals surface area (Å²) in [5.74, 6) is -0.680. The second-order valence-electron chi connectivity index (χ2n) is 5.79. The molecule has 0 saturated heterocycles. The van der Waals surface area contributed by atoms with E-state index in [4.69, 9.17) is 15.2 Å². The highest BCUT2D eigenvalue weighted by Gasteiger charge is 2.28. The Bertz CT molecular complexity index is 556. The van der Waals surface area contributed by atoms with E-state index in [0.29, 0.717) is 0 Å². The molecule has 0 aliphatic rings. The fraction of sp³-hybridized carbons (Fsp3) is 0.533. The Morgan fingerprint density at radius 1 is 1.43 bits per heavy atom. The van der Waals surface area contributed by atoms with Crippen molar-refractivity contribution in [3.63, 3.8) is 0 Å². The van der Waals surface area contributed by atoms with Crippen molar-refractivity contribution >= 4 is 17.9 Å². The molecule has 4 N–H and O–H groups in total. The van der Waals surface area contributed by atoms with Crippen LogP contribution in [0.5, 0.6) is 0 Å². The molecule has 0 fully saturated rings. The molecule has 128 valence electrons. The van der Waals surface area contributed by atoms with Crippen LogP contribution in [0.4, 0.5) is 10.6 Å².